The lowest BCUT2D eigenvalue weighted by molar-refractivity contribution is 0.653. The molecule has 0 spiro atoms. The molecule has 0 atom stereocenters. The van der Waals surface area contributed by atoms with Gasteiger partial charge in [0.05, 0.1) is 33.2 Å². The molecule has 13 rings (SSSR count). The van der Waals surface area contributed by atoms with Gasteiger partial charge in [-0.2, -0.15) is 4.98 Å². The first-order chi connectivity index (χ1) is 29.3. The third-order valence-electron chi connectivity index (χ3n) is 12.0. The highest BCUT2D eigenvalue weighted by Crippen LogP contribution is 2.46. The smallest absolute Gasteiger partial charge is 0.231 e. The number of fused-ring (bicyclic) bond motifs is 13. The fraction of sp³-hybridized carbons (Fsp3) is 0. The van der Waals surface area contributed by atoms with Gasteiger partial charge in [-0.05, 0) is 52.7 Å². The Kier molecular flexibility index (Phi) is 6.66. The van der Waals surface area contributed by atoms with Crippen LogP contribution in [0, 0.1) is 0 Å². The molecule has 0 unspecified atom stereocenters. The van der Waals surface area contributed by atoms with E-state index in [-0.39, 0.29) is 0 Å². The standard InChI is InChI=1S/C54H31N3O2/c1-3-15-34(16-4-1)49-48-43-31-36(25-30-46(43)58-54(48)56-53(55-49)35-17-5-2-6-18-35)39-28-29-45(47-42-27-24-33-14-8-10-20-38(33)51(42)59-52(39)47)57-44-22-12-11-21-40(44)41-26-23-32-13-7-9-19-37(32)50(41)57/h1-31H. The summed E-state index contributed by atoms with van der Waals surface area (Å²) in [6.45, 7) is 0. The Morgan fingerprint density at radius 1 is 0.407 bits per heavy atom. The molecule has 13 aromatic rings. The lowest BCUT2D eigenvalue weighted by Gasteiger charge is -2.13. The van der Waals surface area contributed by atoms with Crippen LogP contribution in [0.2, 0.25) is 0 Å². The minimum Gasteiger partial charge on any atom is -0.455 e. The third-order valence-corrected chi connectivity index (χ3v) is 12.0. The molecule has 5 nitrogen and oxygen atoms in total. The van der Waals surface area contributed by atoms with Crippen LogP contribution in [0.5, 0.6) is 0 Å². The Hall–Kier alpha value is -8.02. The van der Waals surface area contributed by atoms with E-state index in [0.717, 1.165) is 88.2 Å². The Balaban J connectivity index is 1.12. The lowest BCUT2D eigenvalue weighted by atomic mass is 9.97. The van der Waals surface area contributed by atoms with Gasteiger partial charge in [0.2, 0.25) is 5.71 Å². The molecule has 5 heteroatoms. The van der Waals surface area contributed by atoms with Gasteiger partial charge in [0.1, 0.15) is 16.7 Å². The van der Waals surface area contributed by atoms with Gasteiger partial charge < -0.3 is 13.4 Å². The number of hydrogen-bond donors (Lipinski definition) is 0. The minimum absolute atomic E-state index is 0.555. The van der Waals surface area contributed by atoms with E-state index in [1.54, 1.807) is 0 Å². The fourth-order valence-corrected chi connectivity index (χ4v) is 9.35. The summed E-state index contributed by atoms with van der Waals surface area (Å²) in [5, 5.41) is 11.0. The van der Waals surface area contributed by atoms with E-state index < -0.39 is 0 Å². The predicted molar refractivity (Wildman–Crippen MR) is 242 cm³/mol. The van der Waals surface area contributed by atoms with Crippen LogP contribution in [0.15, 0.2) is 197 Å². The average Bonchev–Trinajstić information content (AvgIpc) is 3.99. The number of nitrogens with zero attached hydrogens (tertiary/aromatic N) is 3. The van der Waals surface area contributed by atoms with Crippen LogP contribution in [-0.4, -0.2) is 14.5 Å². The van der Waals surface area contributed by atoms with Crippen LogP contribution >= 0.6 is 0 Å². The molecule has 4 heterocycles. The number of rotatable bonds is 4. The molecule has 0 amide bonds. The van der Waals surface area contributed by atoms with E-state index in [0.29, 0.717) is 11.5 Å². The minimum atomic E-state index is 0.555. The second kappa shape index (κ2) is 12.2. The van der Waals surface area contributed by atoms with Gasteiger partial charge in [-0.3, -0.25) is 0 Å². The molecule has 9 aromatic carbocycles. The van der Waals surface area contributed by atoms with Crippen molar-refractivity contribution in [1.82, 2.24) is 14.5 Å². The zero-order valence-corrected chi connectivity index (χ0v) is 31.6. The van der Waals surface area contributed by atoms with Crippen LogP contribution in [0.1, 0.15) is 0 Å². The third kappa shape index (κ3) is 4.67. The zero-order chi connectivity index (χ0) is 38.6. The molecule has 0 bridgehead atoms. The highest BCUT2D eigenvalue weighted by atomic mass is 16.3. The molecule has 0 aliphatic rings. The summed E-state index contributed by atoms with van der Waals surface area (Å²) < 4.78 is 16.2. The van der Waals surface area contributed by atoms with Crippen molar-refractivity contribution in [1.29, 1.82) is 0 Å². The SMILES string of the molecule is c1ccc(-c2nc(-c3ccccc3)c3c(n2)oc2ccc(-c4ccc(-n5c6ccccc6c6ccc7ccccc7c65)c5c4oc4c6ccccc6ccc45)cc23)cc1. The predicted octanol–water partition coefficient (Wildman–Crippen LogP) is 14.7. The fourth-order valence-electron chi connectivity index (χ4n) is 9.35. The van der Waals surface area contributed by atoms with Crippen molar-refractivity contribution in [2.75, 3.05) is 0 Å². The van der Waals surface area contributed by atoms with Crippen LogP contribution in [0.3, 0.4) is 0 Å². The van der Waals surface area contributed by atoms with Crippen molar-refractivity contribution in [3.8, 4) is 39.5 Å². The van der Waals surface area contributed by atoms with Gasteiger partial charge in [0.15, 0.2) is 5.82 Å². The average molecular weight is 754 g/mol. The summed E-state index contributed by atoms with van der Waals surface area (Å²) in [6, 6.07) is 66.1. The Morgan fingerprint density at radius 2 is 1.08 bits per heavy atom. The zero-order valence-electron chi connectivity index (χ0n) is 31.6. The maximum Gasteiger partial charge on any atom is 0.231 e. The number of aromatic nitrogens is 3. The number of hydrogen-bond acceptors (Lipinski definition) is 4. The topological polar surface area (TPSA) is 57.0 Å². The van der Waals surface area contributed by atoms with E-state index in [1.165, 1.54) is 27.1 Å². The molecule has 0 aliphatic carbocycles. The normalized spacial score (nSPS) is 12.1. The number of para-hydroxylation sites is 1. The molecule has 0 radical (unpaired) electrons. The van der Waals surface area contributed by atoms with Crippen molar-refractivity contribution in [2.24, 2.45) is 0 Å². The van der Waals surface area contributed by atoms with Gasteiger partial charge >= 0.3 is 0 Å². The molecule has 4 aromatic heterocycles. The highest BCUT2D eigenvalue weighted by molar-refractivity contribution is 6.24. The molecule has 0 saturated heterocycles. The van der Waals surface area contributed by atoms with E-state index >= 15 is 0 Å². The maximum absolute atomic E-state index is 7.18. The van der Waals surface area contributed by atoms with Gasteiger partial charge in [-0.25, -0.2) is 4.98 Å². The monoisotopic (exact) mass is 753 g/mol. The summed E-state index contributed by atoms with van der Waals surface area (Å²) >= 11 is 0. The van der Waals surface area contributed by atoms with Gasteiger partial charge in [-0.15, -0.1) is 0 Å². The largest absolute Gasteiger partial charge is 0.455 e. The van der Waals surface area contributed by atoms with E-state index in [9.17, 15) is 0 Å². The first-order valence-corrected chi connectivity index (χ1v) is 19.9. The summed E-state index contributed by atoms with van der Waals surface area (Å²) in [6.07, 6.45) is 0. The van der Waals surface area contributed by atoms with Crippen molar-refractivity contribution in [3.05, 3.63) is 188 Å². The summed E-state index contributed by atoms with van der Waals surface area (Å²) in [5.41, 5.74) is 11.2. The van der Waals surface area contributed by atoms with Crippen LogP contribution in [0.4, 0.5) is 0 Å². The quantitative estimate of drug-likeness (QED) is 0.180. The molecular weight excluding hydrogens is 723 g/mol. The van der Waals surface area contributed by atoms with Gasteiger partial charge in [0, 0.05) is 49.0 Å². The molecule has 59 heavy (non-hydrogen) atoms. The van der Waals surface area contributed by atoms with E-state index in [4.69, 9.17) is 18.8 Å². The van der Waals surface area contributed by atoms with E-state index in [2.05, 4.69) is 144 Å². The van der Waals surface area contributed by atoms with Crippen molar-refractivity contribution in [2.45, 2.75) is 0 Å². The molecule has 0 N–H and O–H groups in total. The van der Waals surface area contributed by atoms with Gasteiger partial charge in [0.25, 0.3) is 0 Å². The lowest BCUT2D eigenvalue weighted by Crippen LogP contribution is -1.96. The second-order valence-corrected chi connectivity index (χ2v) is 15.3. The summed E-state index contributed by atoms with van der Waals surface area (Å²) in [5.74, 6) is 0.626. The molecule has 0 fully saturated rings. The Morgan fingerprint density at radius 3 is 1.90 bits per heavy atom. The highest BCUT2D eigenvalue weighted by Gasteiger charge is 2.24. The number of benzene rings is 9. The Bertz CT molecular complexity index is 3840. The molecule has 0 saturated carbocycles. The van der Waals surface area contributed by atoms with Crippen LogP contribution in [-0.2, 0) is 0 Å². The van der Waals surface area contributed by atoms with Gasteiger partial charge in [-0.1, -0.05) is 152 Å². The van der Waals surface area contributed by atoms with Crippen molar-refractivity contribution < 1.29 is 8.83 Å². The second-order valence-electron chi connectivity index (χ2n) is 15.3. The first-order valence-electron chi connectivity index (χ1n) is 19.9. The molecule has 0 aliphatic heterocycles. The van der Waals surface area contributed by atoms with Crippen LogP contribution < -0.4 is 0 Å². The van der Waals surface area contributed by atoms with E-state index in [1.807, 2.05) is 48.5 Å². The van der Waals surface area contributed by atoms with Crippen molar-refractivity contribution in [3.63, 3.8) is 0 Å². The Labute approximate surface area is 337 Å². The summed E-state index contributed by atoms with van der Waals surface area (Å²) in [7, 11) is 0. The van der Waals surface area contributed by atoms with Crippen LogP contribution in [0.25, 0.3) is 127 Å². The molecular formula is C54H31N3O2. The molecule has 274 valence electrons. The first kappa shape index (κ1) is 32.1. The summed E-state index contributed by atoms with van der Waals surface area (Å²) in [4.78, 5) is 10.2. The number of furan rings is 2. The maximum atomic E-state index is 7.18. The van der Waals surface area contributed by atoms with Crippen molar-refractivity contribution >= 4 is 87.4 Å².